The van der Waals surface area contributed by atoms with Crippen molar-refractivity contribution in [3.63, 3.8) is 0 Å². The number of carbonyl (C=O) groups is 2. The molecule has 1 fully saturated rings. The number of benzene rings is 3. The van der Waals surface area contributed by atoms with Gasteiger partial charge in [0.05, 0.1) is 0 Å². The van der Waals surface area contributed by atoms with Crippen LogP contribution >= 0.6 is 0 Å². The molecule has 5 nitrogen and oxygen atoms in total. The van der Waals surface area contributed by atoms with Gasteiger partial charge in [-0.2, -0.15) is 0 Å². The molecule has 1 heterocycles. The summed E-state index contributed by atoms with van der Waals surface area (Å²) in [6.07, 6.45) is 1.51. The van der Waals surface area contributed by atoms with Crippen LogP contribution in [0.25, 0.3) is 0 Å². The maximum Gasteiger partial charge on any atom is 0.254 e. The second-order valence-electron chi connectivity index (χ2n) is 7.08. The van der Waals surface area contributed by atoms with Crippen LogP contribution < -0.4 is 10.6 Å². The lowest BCUT2D eigenvalue weighted by Gasteiger charge is -2.24. The van der Waals surface area contributed by atoms with Crippen LogP contribution in [-0.2, 0) is 4.79 Å². The molecule has 1 atom stereocenters. The summed E-state index contributed by atoms with van der Waals surface area (Å²) in [5.41, 5.74) is 3.28. The minimum atomic E-state index is -0.440. The molecule has 0 aromatic heterocycles. The molecule has 4 rings (SSSR count). The standard InChI is InChI=1S/C24H23N3O2/c28-23(22-12-7-17-27(22)24(29)18-8-3-1-4-9-18)26-21-15-13-20(14-16-21)25-19-10-5-2-6-11-19/h1-6,8-11,13-16,22,25H,7,12,17H2,(H,26,28)/t22-/m1/s1. The number of anilines is 3. The Morgan fingerprint density at radius 2 is 1.34 bits per heavy atom. The van der Waals surface area contributed by atoms with E-state index < -0.39 is 6.04 Å². The normalized spacial score (nSPS) is 15.7. The van der Waals surface area contributed by atoms with Crippen LogP contribution in [0.4, 0.5) is 17.1 Å². The first-order chi connectivity index (χ1) is 14.2. The summed E-state index contributed by atoms with van der Waals surface area (Å²) >= 11 is 0. The van der Waals surface area contributed by atoms with E-state index in [2.05, 4.69) is 10.6 Å². The van der Waals surface area contributed by atoms with Crippen molar-refractivity contribution in [2.75, 3.05) is 17.2 Å². The van der Waals surface area contributed by atoms with E-state index >= 15 is 0 Å². The zero-order valence-electron chi connectivity index (χ0n) is 16.0. The number of hydrogen-bond acceptors (Lipinski definition) is 3. The topological polar surface area (TPSA) is 61.4 Å². The second-order valence-corrected chi connectivity index (χ2v) is 7.08. The molecule has 2 N–H and O–H groups in total. The van der Waals surface area contributed by atoms with Crippen LogP contribution in [0, 0.1) is 0 Å². The van der Waals surface area contributed by atoms with Crippen molar-refractivity contribution in [3.05, 3.63) is 90.5 Å². The van der Waals surface area contributed by atoms with Gasteiger partial charge >= 0.3 is 0 Å². The molecule has 0 saturated carbocycles. The summed E-state index contributed by atoms with van der Waals surface area (Å²) in [4.78, 5) is 27.3. The van der Waals surface area contributed by atoms with E-state index in [1.54, 1.807) is 17.0 Å². The molecule has 146 valence electrons. The SMILES string of the molecule is O=C(Nc1ccc(Nc2ccccc2)cc1)[C@H]1CCCN1C(=O)c1ccccc1. The number of nitrogens with one attached hydrogen (secondary N) is 2. The number of rotatable bonds is 5. The Balaban J connectivity index is 1.40. The number of hydrogen-bond donors (Lipinski definition) is 2. The van der Waals surface area contributed by atoms with E-state index in [1.807, 2.05) is 72.8 Å². The Morgan fingerprint density at radius 3 is 2.03 bits per heavy atom. The third-order valence-electron chi connectivity index (χ3n) is 5.05. The summed E-state index contributed by atoms with van der Waals surface area (Å²) in [7, 11) is 0. The van der Waals surface area contributed by atoms with Gasteiger partial charge in [-0.05, 0) is 61.4 Å². The monoisotopic (exact) mass is 385 g/mol. The maximum absolute atomic E-state index is 12.8. The van der Waals surface area contributed by atoms with E-state index in [0.29, 0.717) is 24.2 Å². The van der Waals surface area contributed by atoms with E-state index in [9.17, 15) is 9.59 Å². The number of nitrogens with zero attached hydrogens (tertiary/aromatic N) is 1. The van der Waals surface area contributed by atoms with Crippen molar-refractivity contribution < 1.29 is 9.59 Å². The molecule has 3 aromatic rings. The van der Waals surface area contributed by atoms with Crippen molar-refractivity contribution in [2.24, 2.45) is 0 Å². The molecule has 2 amide bonds. The highest BCUT2D eigenvalue weighted by molar-refractivity contribution is 6.01. The fourth-order valence-electron chi connectivity index (χ4n) is 3.58. The van der Waals surface area contributed by atoms with Gasteiger partial charge in [0.15, 0.2) is 0 Å². The predicted octanol–water partition coefficient (Wildman–Crippen LogP) is 4.67. The van der Waals surface area contributed by atoms with Gasteiger partial charge in [-0.1, -0.05) is 36.4 Å². The van der Waals surface area contributed by atoms with Gasteiger partial charge in [0.2, 0.25) is 5.91 Å². The molecule has 29 heavy (non-hydrogen) atoms. The van der Waals surface area contributed by atoms with Gasteiger partial charge < -0.3 is 15.5 Å². The van der Waals surface area contributed by atoms with Crippen LogP contribution in [0.3, 0.4) is 0 Å². The summed E-state index contributed by atoms with van der Waals surface area (Å²) < 4.78 is 0. The summed E-state index contributed by atoms with van der Waals surface area (Å²) in [6.45, 7) is 0.603. The van der Waals surface area contributed by atoms with Crippen LogP contribution in [0.2, 0.25) is 0 Å². The van der Waals surface area contributed by atoms with Crippen molar-refractivity contribution in [3.8, 4) is 0 Å². The first-order valence-corrected chi connectivity index (χ1v) is 9.80. The molecule has 0 unspecified atom stereocenters. The fourth-order valence-corrected chi connectivity index (χ4v) is 3.58. The van der Waals surface area contributed by atoms with Crippen molar-refractivity contribution in [1.29, 1.82) is 0 Å². The fraction of sp³-hybridized carbons (Fsp3) is 0.167. The zero-order valence-corrected chi connectivity index (χ0v) is 16.0. The van der Waals surface area contributed by atoms with Crippen molar-refractivity contribution in [2.45, 2.75) is 18.9 Å². The van der Waals surface area contributed by atoms with E-state index in [4.69, 9.17) is 0 Å². The highest BCUT2D eigenvalue weighted by Crippen LogP contribution is 2.23. The average Bonchev–Trinajstić information content (AvgIpc) is 3.26. The number of para-hydroxylation sites is 1. The number of likely N-dealkylation sites (tertiary alicyclic amines) is 1. The lowest BCUT2D eigenvalue weighted by Crippen LogP contribution is -2.43. The lowest BCUT2D eigenvalue weighted by molar-refractivity contribution is -0.119. The van der Waals surface area contributed by atoms with E-state index in [-0.39, 0.29) is 11.8 Å². The minimum Gasteiger partial charge on any atom is -0.356 e. The van der Waals surface area contributed by atoms with Gasteiger partial charge in [-0.3, -0.25) is 9.59 Å². The lowest BCUT2D eigenvalue weighted by atomic mass is 10.1. The first-order valence-electron chi connectivity index (χ1n) is 9.80. The smallest absolute Gasteiger partial charge is 0.254 e. The van der Waals surface area contributed by atoms with Gasteiger partial charge in [-0.25, -0.2) is 0 Å². The Hall–Kier alpha value is -3.60. The van der Waals surface area contributed by atoms with Crippen LogP contribution in [0.1, 0.15) is 23.2 Å². The predicted molar refractivity (Wildman–Crippen MR) is 115 cm³/mol. The first kappa shape index (κ1) is 18.7. The molecule has 5 heteroatoms. The van der Waals surface area contributed by atoms with E-state index in [1.165, 1.54) is 0 Å². The molecule has 1 aliphatic rings. The molecule has 0 aliphatic carbocycles. The van der Waals surface area contributed by atoms with Gasteiger partial charge in [0.1, 0.15) is 6.04 Å². The van der Waals surface area contributed by atoms with E-state index in [0.717, 1.165) is 17.8 Å². The average molecular weight is 385 g/mol. The third-order valence-corrected chi connectivity index (χ3v) is 5.05. The van der Waals surface area contributed by atoms with Crippen LogP contribution in [-0.4, -0.2) is 29.3 Å². The largest absolute Gasteiger partial charge is 0.356 e. The summed E-state index contributed by atoms with van der Waals surface area (Å²) in [6, 6.07) is 26.2. The minimum absolute atomic E-state index is 0.0920. The highest BCUT2D eigenvalue weighted by atomic mass is 16.2. The molecular formula is C24H23N3O2. The molecular weight excluding hydrogens is 362 g/mol. The summed E-state index contributed by atoms with van der Waals surface area (Å²) in [5.74, 6) is -0.235. The van der Waals surface area contributed by atoms with Crippen molar-refractivity contribution in [1.82, 2.24) is 4.90 Å². The highest BCUT2D eigenvalue weighted by Gasteiger charge is 2.34. The zero-order chi connectivity index (χ0) is 20.1. The number of amides is 2. The molecule has 1 saturated heterocycles. The van der Waals surface area contributed by atoms with Gasteiger partial charge in [-0.15, -0.1) is 0 Å². The maximum atomic E-state index is 12.8. The Kier molecular flexibility index (Phi) is 5.56. The molecule has 1 aliphatic heterocycles. The molecule has 0 spiro atoms. The second kappa shape index (κ2) is 8.61. The Morgan fingerprint density at radius 1 is 0.759 bits per heavy atom. The molecule has 0 radical (unpaired) electrons. The summed E-state index contributed by atoms with van der Waals surface area (Å²) in [5, 5.41) is 6.26. The van der Waals surface area contributed by atoms with Crippen LogP contribution in [0.15, 0.2) is 84.9 Å². The molecule has 3 aromatic carbocycles. The Bertz CT molecular complexity index is 972. The molecule has 0 bridgehead atoms. The van der Waals surface area contributed by atoms with Crippen LogP contribution in [0.5, 0.6) is 0 Å². The number of carbonyl (C=O) groups excluding carboxylic acids is 2. The quantitative estimate of drug-likeness (QED) is 0.671. The Labute approximate surface area is 170 Å². The third kappa shape index (κ3) is 4.46. The van der Waals surface area contributed by atoms with Crippen molar-refractivity contribution >= 4 is 28.9 Å². The van der Waals surface area contributed by atoms with Gasteiger partial charge in [0, 0.05) is 29.2 Å². The van der Waals surface area contributed by atoms with Gasteiger partial charge in [0.25, 0.3) is 5.91 Å².